The summed E-state index contributed by atoms with van der Waals surface area (Å²) in [5, 5.41) is 7.99. The zero-order valence-corrected chi connectivity index (χ0v) is 21.5. The number of halogens is 1. The lowest BCUT2D eigenvalue weighted by molar-refractivity contribution is -0.109. The molecule has 0 aliphatic carbocycles. The molecule has 4 aromatic rings. The zero-order chi connectivity index (χ0) is 25.5. The molecule has 0 bridgehead atoms. The monoisotopic (exact) mass is 509 g/mol. The van der Waals surface area contributed by atoms with Crippen molar-refractivity contribution in [2.75, 3.05) is 44.4 Å². The number of aromatic nitrogens is 4. The van der Waals surface area contributed by atoms with E-state index in [1.807, 2.05) is 42.8 Å². The van der Waals surface area contributed by atoms with E-state index in [1.165, 1.54) is 11.0 Å². The second-order valence-electron chi connectivity index (χ2n) is 8.58. The van der Waals surface area contributed by atoms with E-state index in [0.717, 1.165) is 42.9 Å². The summed E-state index contributed by atoms with van der Waals surface area (Å²) < 4.78 is 15.5. The maximum absolute atomic E-state index is 13.8. The molecule has 1 aliphatic heterocycles. The van der Waals surface area contributed by atoms with Gasteiger partial charge in [0.25, 0.3) is 0 Å². The lowest BCUT2D eigenvalue weighted by atomic mass is 10.2. The number of rotatable bonds is 6. The minimum atomic E-state index is -0.238. The van der Waals surface area contributed by atoms with Gasteiger partial charge in [-0.1, -0.05) is 18.2 Å². The number of aryl methyl sites for hydroxylation is 1. The van der Waals surface area contributed by atoms with Gasteiger partial charge in [-0.05, 0) is 55.6 Å². The second kappa shape index (κ2) is 12.0. The molecular weight excluding hydrogens is 477 g/mol. The number of amides is 1. The van der Waals surface area contributed by atoms with Crippen molar-refractivity contribution in [2.24, 2.45) is 0 Å². The molecule has 0 radical (unpaired) electrons. The van der Waals surface area contributed by atoms with Crippen molar-refractivity contribution in [1.82, 2.24) is 30.0 Å². The number of benzene rings is 2. The number of likely N-dealkylation sites (N-methyl/N-ethyl adjacent to an activating group) is 1. The fraction of sp³-hybridized carbons (Fsp3) is 0.308. The van der Waals surface area contributed by atoms with Gasteiger partial charge in [0.05, 0.1) is 11.1 Å². The van der Waals surface area contributed by atoms with E-state index in [9.17, 15) is 9.18 Å². The van der Waals surface area contributed by atoms with Crippen LogP contribution < -0.4 is 10.2 Å². The third-order valence-corrected chi connectivity index (χ3v) is 6.81. The molecule has 1 N–H and O–H groups in total. The summed E-state index contributed by atoms with van der Waals surface area (Å²) in [6, 6.07) is 13.2. The Morgan fingerprint density at radius 1 is 1.11 bits per heavy atom. The van der Waals surface area contributed by atoms with Gasteiger partial charge in [-0.25, -0.2) is 19.0 Å². The first-order valence-electron chi connectivity index (χ1n) is 11.7. The number of fused-ring (bicyclic) bond motifs is 1. The highest BCUT2D eigenvalue weighted by Gasteiger charge is 2.19. The fourth-order valence-electron chi connectivity index (χ4n) is 3.86. The first-order valence-corrected chi connectivity index (χ1v) is 12.9. The van der Waals surface area contributed by atoms with Crippen molar-refractivity contribution in [3.63, 3.8) is 0 Å². The molecular formula is C26H32FN7OS. The number of nitrogens with zero attached hydrogens (tertiary/aromatic N) is 6. The summed E-state index contributed by atoms with van der Waals surface area (Å²) in [6.07, 6.45) is 6.18. The summed E-state index contributed by atoms with van der Waals surface area (Å²) >= 11 is 1.71. The van der Waals surface area contributed by atoms with Gasteiger partial charge in [-0.15, -0.1) is 16.9 Å². The van der Waals surface area contributed by atoms with Gasteiger partial charge >= 0.3 is 0 Å². The van der Waals surface area contributed by atoms with E-state index >= 15 is 0 Å². The van der Waals surface area contributed by atoms with Gasteiger partial charge in [-0.2, -0.15) is 0 Å². The minimum absolute atomic E-state index is 0. The summed E-state index contributed by atoms with van der Waals surface area (Å²) in [6.45, 7) is 6.21. The number of carbonyl (C=O) groups is 1. The molecule has 3 heterocycles. The van der Waals surface area contributed by atoms with E-state index in [0.29, 0.717) is 29.9 Å². The number of hydrogen-bond donors (Lipinski definition) is 1. The van der Waals surface area contributed by atoms with Gasteiger partial charge < -0.3 is 15.1 Å². The molecule has 2 aromatic carbocycles. The van der Waals surface area contributed by atoms with Crippen molar-refractivity contribution < 1.29 is 10.6 Å². The fourth-order valence-corrected chi connectivity index (χ4v) is 4.26. The number of anilines is 1. The number of piperazine rings is 1. The van der Waals surface area contributed by atoms with E-state index in [4.69, 9.17) is 0 Å². The maximum atomic E-state index is 13.8. The normalized spacial score (nSPS) is 13.8. The van der Waals surface area contributed by atoms with Gasteiger partial charge in [-0.3, -0.25) is 4.79 Å². The van der Waals surface area contributed by atoms with Crippen molar-refractivity contribution >= 4 is 35.0 Å². The van der Waals surface area contributed by atoms with Crippen LogP contribution in [0.25, 0.3) is 16.7 Å². The topological polar surface area (TPSA) is 79.2 Å². The minimum Gasteiger partial charge on any atom is -0.355 e. The molecule has 1 fully saturated rings. The molecule has 2 aromatic heterocycles. The van der Waals surface area contributed by atoms with E-state index in [2.05, 4.69) is 37.2 Å². The van der Waals surface area contributed by atoms with Crippen molar-refractivity contribution in [2.45, 2.75) is 18.4 Å². The molecule has 1 saturated heterocycles. The lowest BCUT2D eigenvalue weighted by Crippen LogP contribution is -2.44. The number of nitrogens with one attached hydrogen (secondary N) is 1. The molecule has 1 amide bonds. The summed E-state index contributed by atoms with van der Waals surface area (Å²) in [4.78, 5) is 24.5. The maximum Gasteiger partial charge on any atom is 0.207 e. The average molecular weight is 510 g/mol. The third kappa shape index (κ3) is 6.19. The van der Waals surface area contributed by atoms with Gasteiger partial charge in [0.2, 0.25) is 6.41 Å². The van der Waals surface area contributed by atoms with Crippen LogP contribution in [-0.2, 0) is 11.3 Å². The van der Waals surface area contributed by atoms with E-state index < -0.39 is 0 Å². The SMILES string of the molecule is CSc1ccc(CNC=O)cc1.Cc1ccc(-n2cc3c(N4CCN(C)CC4)ncnc3n2)cc1F.[HH]. The summed E-state index contributed by atoms with van der Waals surface area (Å²) in [5.74, 6) is 0.657. The molecule has 10 heteroatoms. The molecule has 0 unspecified atom stereocenters. The molecule has 8 nitrogen and oxygen atoms in total. The Morgan fingerprint density at radius 3 is 2.53 bits per heavy atom. The Morgan fingerprint density at radius 2 is 1.86 bits per heavy atom. The van der Waals surface area contributed by atoms with Crippen LogP contribution in [0, 0.1) is 12.7 Å². The molecule has 0 spiro atoms. The van der Waals surface area contributed by atoms with Crippen molar-refractivity contribution in [1.29, 1.82) is 0 Å². The van der Waals surface area contributed by atoms with Crippen LogP contribution >= 0.6 is 11.8 Å². The predicted molar refractivity (Wildman–Crippen MR) is 144 cm³/mol. The standard InChI is InChI=1S/C17H19FN6.C9H11NOS.H2/c1-12-3-4-13(9-15(12)18)24-10-14-16(21-24)19-11-20-17(14)23-7-5-22(2)6-8-23;1-12-9-4-2-8(3-5-9)6-10-7-11;/h3-4,9-11H,5-8H2,1-2H3;2-5,7H,6H2,1H3,(H,10,11);1H. The van der Waals surface area contributed by atoms with Crippen LogP contribution in [0.4, 0.5) is 10.2 Å². The third-order valence-electron chi connectivity index (χ3n) is 6.07. The number of carbonyl (C=O) groups excluding carboxylic acids is 1. The van der Waals surface area contributed by atoms with Crippen LogP contribution in [0.15, 0.2) is 59.9 Å². The smallest absolute Gasteiger partial charge is 0.207 e. The quantitative estimate of drug-likeness (QED) is 0.312. The van der Waals surface area contributed by atoms with Crippen molar-refractivity contribution in [3.05, 3.63) is 71.9 Å². The van der Waals surface area contributed by atoms with Crippen LogP contribution in [-0.4, -0.2) is 70.5 Å². The largest absolute Gasteiger partial charge is 0.355 e. The lowest BCUT2D eigenvalue weighted by Gasteiger charge is -2.33. The van der Waals surface area contributed by atoms with Gasteiger partial charge in [0.15, 0.2) is 5.65 Å². The summed E-state index contributed by atoms with van der Waals surface area (Å²) in [7, 11) is 2.12. The number of thioether (sulfide) groups is 1. The highest BCUT2D eigenvalue weighted by Crippen LogP contribution is 2.25. The Bertz CT molecular complexity index is 1310. The Hall–Kier alpha value is -3.50. The van der Waals surface area contributed by atoms with Crippen LogP contribution in [0.5, 0.6) is 0 Å². The molecule has 1 aliphatic rings. The number of hydrogen-bond acceptors (Lipinski definition) is 7. The van der Waals surface area contributed by atoms with Crippen LogP contribution in [0.3, 0.4) is 0 Å². The molecule has 36 heavy (non-hydrogen) atoms. The molecule has 5 rings (SSSR count). The molecule has 0 atom stereocenters. The van der Waals surface area contributed by atoms with Crippen LogP contribution in [0.2, 0.25) is 0 Å². The molecule has 190 valence electrons. The predicted octanol–water partition coefficient (Wildman–Crippen LogP) is 3.92. The Balaban J connectivity index is 0.000000249. The van der Waals surface area contributed by atoms with E-state index in [1.54, 1.807) is 35.8 Å². The Labute approximate surface area is 216 Å². The zero-order valence-electron chi connectivity index (χ0n) is 20.7. The average Bonchev–Trinajstić information content (AvgIpc) is 3.35. The molecule has 0 saturated carbocycles. The van der Waals surface area contributed by atoms with Gasteiger partial charge in [0.1, 0.15) is 18.0 Å². The first kappa shape index (κ1) is 25.6. The van der Waals surface area contributed by atoms with E-state index in [-0.39, 0.29) is 7.24 Å². The highest BCUT2D eigenvalue weighted by atomic mass is 32.2. The highest BCUT2D eigenvalue weighted by molar-refractivity contribution is 7.98. The van der Waals surface area contributed by atoms with Crippen molar-refractivity contribution in [3.8, 4) is 5.69 Å². The first-order chi connectivity index (χ1) is 17.5. The van der Waals surface area contributed by atoms with Crippen LogP contribution in [0.1, 0.15) is 12.6 Å². The summed E-state index contributed by atoms with van der Waals surface area (Å²) in [5.41, 5.74) is 3.05. The van der Waals surface area contributed by atoms with Gasteiger partial charge in [0, 0.05) is 45.2 Å². The second-order valence-corrected chi connectivity index (χ2v) is 9.46. The Kier molecular flexibility index (Phi) is 8.50.